The minimum absolute atomic E-state index is 0.0244. The molecule has 24 heavy (non-hydrogen) atoms. The zero-order valence-corrected chi connectivity index (χ0v) is 14.0. The van der Waals surface area contributed by atoms with Crippen LogP contribution in [0.25, 0.3) is 0 Å². The molecular weight excluding hydrogens is 347 g/mol. The van der Waals surface area contributed by atoms with Crippen molar-refractivity contribution in [2.24, 2.45) is 0 Å². The van der Waals surface area contributed by atoms with Gasteiger partial charge in [-0.25, -0.2) is 4.98 Å². The van der Waals surface area contributed by atoms with Crippen molar-refractivity contribution in [2.45, 2.75) is 19.5 Å². The highest BCUT2D eigenvalue weighted by Crippen LogP contribution is 2.33. The number of hydrogen-bond donors (Lipinski definition) is 0. The number of carbonyl (C=O) groups is 1. The fraction of sp³-hybridized carbons (Fsp3) is 0.600. The van der Waals surface area contributed by atoms with Gasteiger partial charge in [-0.1, -0.05) is 11.6 Å². The molecule has 1 aliphatic rings. The standard InChI is InChI=1S/C15H19ClF3N3O2/c1-2-24-13(23)10-21-4-3-5-22(7-6-21)14-12(16)8-11(9-20-14)15(17,18)19/h8-9H,2-7,10H2,1H3. The van der Waals surface area contributed by atoms with Crippen molar-refractivity contribution in [1.82, 2.24) is 9.88 Å². The van der Waals surface area contributed by atoms with Crippen molar-refractivity contribution in [3.63, 3.8) is 0 Å². The van der Waals surface area contributed by atoms with Gasteiger partial charge >= 0.3 is 12.1 Å². The maximum Gasteiger partial charge on any atom is 0.417 e. The minimum Gasteiger partial charge on any atom is -0.465 e. The Balaban J connectivity index is 2.02. The summed E-state index contributed by atoms with van der Waals surface area (Å²) >= 11 is 5.99. The monoisotopic (exact) mass is 365 g/mol. The molecule has 1 aromatic heterocycles. The molecule has 0 atom stereocenters. The van der Waals surface area contributed by atoms with Gasteiger partial charge in [0, 0.05) is 32.4 Å². The molecule has 0 aromatic carbocycles. The SMILES string of the molecule is CCOC(=O)CN1CCCN(c2ncc(C(F)(F)F)cc2Cl)CC1. The van der Waals surface area contributed by atoms with E-state index in [1.807, 2.05) is 9.80 Å². The summed E-state index contributed by atoms with van der Waals surface area (Å²) in [4.78, 5) is 19.2. The van der Waals surface area contributed by atoms with Crippen LogP contribution < -0.4 is 4.90 Å². The van der Waals surface area contributed by atoms with E-state index in [1.54, 1.807) is 6.92 Å². The zero-order valence-electron chi connectivity index (χ0n) is 13.3. The van der Waals surface area contributed by atoms with Crippen molar-refractivity contribution >= 4 is 23.4 Å². The van der Waals surface area contributed by atoms with E-state index in [1.165, 1.54) is 0 Å². The van der Waals surface area contributed by atoms with Crippen molar-refractivity contribution in [2.75, 3.05) is 44.2 Å². The van der Waals surface area contributed by atoms with E-state index in [9.17, 15) is 18.0 Å². The first-order valence-electron chi connectivity index (χ1n) is 7.67. The molecule has 0 bridgehead atoms. The highest BCUT2D eigenvalue weighted by atomic mass is 35.5. The third-order valence-corrected chi connectivity index (χ3v) is 3.97. The smallest absolute Gasteiger partial charge is 0.417 e. The van der Waals surface area contributed by atoms with Crippen molar-refractivity contribution in [3.8, 4) is 0 Å². The van der Waals surface area contributed by atoms with E-state index in [-0.39, 0.29) is 17.5 Å². The number of anilines is 1. The van der Waals surface area contributed by atoms with Gasteiger partial charge in [-0.15, -0.1) is 0 Å². The number of pyridine rings is 1. The van der Waals surface area contributed by atoms with Gasteiger partial charge in [-0.05, 0) is 19.4 Å². The third-order valence-electron chi connectivity index (χ3n) is 3.70. The molecular formula is C15H19ClF3N3O2. The fourth-order valence-electron chi connectivity index (χ4n) is 2.55. The summed E-state index contributed by atoms with van der Waals surface area (Å²) in [5.41, 5.74) is -0.866. The Morgan fingerprint density at radius 3 is 2.71 bits per heavy atom. The summed E-state index contributed by atoms with van der Waals surface area (Å²) in [6, 6.07) is 0.894. The van der Waals surface area contributed by atoms with Gasteiger partial charge < -0.3 is 9.64 Å². The number of ether oxygens (including phenoxy) is 1. The predicted molar refractivity (Wildman–Crippen MR) is 84.2 cm³/mol. The highest BCUT2D eigenvalue weighted by Gasteiger charge is 2.32. The number of rotatable bonds is 4. The topological polar surface area (TPSA) is 45.7 Å². The summed E-state index contributed by atoms with van der Waals surface area (Å²) in [7, 11) is 0. The Bertz CT molecular complexity index is 584. The van der Waals surface area contributed by atoms with Crippen LogP contribution in [-0.4, -0.2) is 55.2 Å². The van der Waals surface area contributed by atoms with Gasteiger partial charge in [0.2, 0.25) is 0 Å². The van der Waals surface area contributed by atoms with Crippen LogP contribution in [0.15, 0.2) is 12.3 Å². The van der Waals surface area contributed by atoms with Gasteiger partial charge in [0.05, 0.1) is 23.7 Å². The highest BCUT2D eigenvalue weighted by molar-refractivity contribution is 6.33. The number of aromatic nitrogens is 1. The molecule has 2 rings (SSSR count). The van der Waals surface area contributed by atoms with Crippen LogP contribution in [-0.2, 0) is 15.7 Å². The first-order chi connectivity index (χ1) is 11.3. The zero-order chi connectivity index (χ0) is 17.7. The van der Waals surface area contributed by atoms with E-state index in [0.29, 0.717) is 38.6 Å². The van der Waals surface area contributed by atoms with Crippen molar-refractivity contribution < 1.29 is 22.7 Å². The van der Waals surface area contributed by atoms with E-state index in [2.05, 4.69) is 4.98 Å². The Morgan fingerprint density at radius 1 is 1.33 bits per heavy atom. The van der Waals surface area contributed by atoms with E-state index in [4.69, 9.17) is 16.3 Å². The number of esters is 1. The van der Waals surface area contributed by atoms with Gasteiger partial charge in [0.1, 0.15) is 5.82 Å². The molecule has 1 aromatic rings. The molecule has 0 radical (unpaired) electrons. The Labute approximate surface area is 143 Å². The van der Waals surface area contributed by atoms with Gasteiger partial charge in [-0.2, -0.15) is 13.2 Å². The summed E-state index contributed by atoms with van der Waals surface area (Å²) in [5, 5.41) is -0.0244. The Morgan fingerprint density at radius 2 is 2.08 bits per heavy atom. The van der Waals surface area contributed by atoms with Crippen LogP contribution in [0.4, 0.5) is 19.0 Å². The quantitative estimate of drug-likeness (QED) is 0.768. The molecule has 0 amide bonds. The lowest BCUT2D eigenvalue weighted by Gasteiger charge is -2.23. The maximum absolute atomic E-state index is 12.7. The van der Waals surface area contributed by atoms with Crippen LogP contribution in [0.3, 0.4) is 0 Å². The Hall–Kier alpha value is -1.54. The largest absolute Gasteiger partial charge is 0.465 e. The molecule has 0 unspecified atom stereocenters. The lowest BCUT2D eigenvalue weighted by molar-refractivity contribution is -0.144. The van der Waals surface area contributed by atoms with Crippen LogP contribution in [0, 0.1) is 0 Å². The van der Waals surface area contributed by atoms with Crippen LogP contribution in [0.1, 0.15) is 18.9 Å². The number of halogens is 4. The predicted octanol–water partition coefficient (Wildman–Crippen LogP) is 2.83. The molecule has 0 aliphatic carbocycles. The molecule has 134 valence electrons. The number of nitrogens with zero attached hydrogens (tertiary/aromatic N) is 3. The summed E-state index contributed by atoms with van der Waals surface area (Å²) < 4.78 is 43.0. The van der Waals surface area contributed by atoms with E-state index >= 15 is 0 Å². The minimum atomic E-state index is -4.47. The normalized spacial score (nSPS) is 16.8. The first-order valence-corrected chi connectivity index (χ1v) is 8.04. The molecule has 1 saturated heterocycles. The second kappa shape index (κ2) is 8.02. The fourth-order valence-corrected chi connectivity index (χ4v) is 2.83. The van der Waals surface area contributed by atoms with E-state index in [0.717, 1.165) is 18.7 Å². The summed E-state index contributed by atoms with van der Waals surface area (Å²) in [6.07, 6.45) is -2.93. The first kappa shape index (κ1) is 18.8. The molecule has 2 heterocycles. The summed E-state index contributed by atoms with van der Waals surface area (Å²) in [5.74, 6) is 0.0549. The van der Waals surface area contributed by atoms with Gasteiger partial charge in [0.25, 0.3) is 0 Å². The third kappa shape index (κ3) is 4.98. The molecule has 1 aliphatic heterocycles. The molecule has 0 N–H and O–H groups in total. The molecule has 0 saturated carbocycles. The Kier molecular flexibility index (Phi) is 6.28. The number of carbonyl (C=O) groups excluding carboxylic acids is 1. The lowest BCUT2D eigenvalue weighted by Crippen LogP contribution is -2.35. The van der Waals surface area contributed by atoms with Crippen LogP contribution >= 0.6 is 11.6 Å². The summed E-state index contributed by atoms with van der Waals surface area (Å²) in [6.45, 7) is 4.71. The maximum atomic E-state index is 12.7. The van der Waals surface area contributed by atoms with E-state index < -0.39 is 11.7 Å². The van der Waals surface area contributed by atoms with Gasteiger partial charge in [-0.3, -0.25) is 9.69 Å². The van der Waals surface area contributed by atoms with Gasteiger partial charge in [0.15, 0.2) is 0 Å². The van der Waals surface area contributed by atoms with Crippen LogP contribution in [0.5, 0.6) is 0 Å². The second-order valence-corrected chi connectivity index (χ2v) is 5.86. The average molecular weight is 366 g/mol. The number of hydrogen-bond acceptors (Lipinski definition) is 5. The molecule has 1 fully saturated rings. The average Bonchev–Trinajstić information content (AvgIpc) is 2.72. The molecule has 0 spiro atoms. The second-order valence-electron chi connectivity index (χ2n) is 5.45. The molecule has 9 heteroatoms. The lowest BCUT2D eigenvalue weighted by atomic mass is 10.2. The van der Waals surface area contributed by atoms with Crippen molar-refractivity contribution in [1.29, 1.82) is 0 Å². The molecule has 5 nitrogen and oxygen atoms in total. The number of alkyl halides is 3. The van der Waals surface area contributed by atoms with Crippen molar-refractivity contribution in [3.05, 3.63) is 22.8 Å². The van der Waals surface area contributed by atoms with Crippen LogP contribution in [0.2, 0.25) is 5.02 Å².